The lowest BCUT2D eigenvalue weighted by molar-refractivity contribution is -0.111. The van der Waals surface area contributed by atoms with Gasteiger partial charge in [0.1, 0.15) is 11.5 Å². The number of nitrogens with one attached hydrogen (secondary N) is 1. The molecule has 0 aliphatic heterocycles. The van der Waals surface area contributed by atoms with Crippen LogP contribution in [0.5, 0.6) is 0 Å². The molecule has 0 radical (unpaired) electrons. The highest BCUT2D eigenvalue weighted by atomic mass is 19.1. The van der Waals surface area contributed by atoms with Crippen molar-refractivity contribution in [2.75, 3.05) is 0 Å². The topological polar surface area (TPSA) is 66.9 Å². The number of nitrogens with two attached hydrogens (primary N) is 1. The van der Waals surface area contributed by atoms with E-state index in [1.807, 2.05) is 20.8 Å². The van der Waals surface area contributed by atoms with Crippen molar-refractivity contribution in [2.45, 2.75) is 27.2 Å². The largest absolute Gasteiger partial charge is 0.364 e. The maximum Gasteiger partial charge on any atom is 0.266 e. The summed E-state index contributed by atoms with van der Waals surface area (Å²) >= 11 is 0. The summed E-state index contributed by atoms with van der Waals surface area (Å²) < 4.78 is 13.7. The second-order valence-electron chi connectivity index (χ2n) is 5.30. The van der Waals surface area contributed by atoms with Crippen LogP contribution in [0.15, 0.2) is 35.9 Å². The molecule has 3 nitrogen and oxygen atoms in total. The first-order valence-electron chi connectivity index (χ1n) is 6.65. The van der Waals surface area contributed by atoms with Gasteiger partial charge in [0.2, 0.25) is 0 Å². The van der Waals surface area contributed by atoms with E-state index >= 15 is 0 Å². The Kier molecular flexibility index (Phi) is 5.62. The molecule has 108 valence electrons. The molecule has 0 saturated heterocycles. The lowest BCUT2D eigenvalue weighted by Crippen LogP contribution is -2.22. The van der Waals surface area contributed by atoms with Crippen molar-refractivity contribution >= 4 is 11.6 Å². The minimum atomic E-state index is -0.771. The fraction of sp³-hybridized carbons (Fsp3) is 0.375. The molecule has 0 aliphatic carbocycles. The highest BCUT2D eigenvalue weighted by molar-refractivity contribution is 6.41. The lowest BCUT2D eigenvalue weighted by atomic mass is 9.85. The van der Waals surface area contributed by atoms with Gasteiger partial charge in [-0.2, -0.15) is 0 Å². The van der Waals surface area contributed by atoms with E-state index in [0.29, 0.717) is 17.9 Å². The van der Waals surface area contributed by atoms with E-state index in [9.17, 15) is 9.18 Å². The fourth-order valence-corrected chi connectivity index (χ4v) is 1.89. The number of rotatable bonds is 6. The molecule has 0 aliphatic rings. The van der Waals surface area contributed by atoms with E-state index in [1.165, 1.54) is 12.1 Å². The zero-order valence-corrected chi connectivity index (χ0v) is 12.1. The van der Waals surface area contributed by atoms with Crippen LogP contribution in [-0.4, -0.2) is 11.6 Å². The van der Waals surface area contributed by atoms with Crippen molar-refractivity contribution in [3.8, 4) is 0 Å². The Morgan fingerprint density at radius 1 is 1.35 bits per heavy atom. The van der Waals surface area contributed by atoms with Crippen LogP contribution in [0.4, 0.5) is 4.39 Å². The van der Waals surface area contributed by atoms with Gasteiger partial charge in [-0.1, -0.05) is 44.5 Å². The molecule has 1 aromatic rings. The molecule has 0 aromatic heterocycles. The average Bonchev–Trinajstić information content (AvgIpc) is 2.39. The number of amides is 1. The zero-order valence-electron chi connectivity index (χ0n) is 12.1. The molecule has 1 rings (SSSR count). The van der Waals surface area contributed by atoms with Gasteiger partial charge in [0.25, 0.3) is 5.91 Å². The van der Waals surface area contributed by atoms with Gasteiger partial charge in [0.15, 0.2) is 0 Å². The second kappa shape index (κ2) is 6.98. The summed E-state index contributed by atoms with van der Waals surface area (Å²) in [5, 5.41) is 7.58. The quantitative estimate of drug-likeness (QED) is 0.770. The third-order valence-corrected chi connectivity index (χ3v) is 3.53. The fourth-order valence-electron chi connectivity index (χ4n) is 1.89. The SMILES string of the molecule is CC(C)C(C)/C(=C\C(=N)C(N)=O)Cc1ccccc1F. The highest BCUT2D eigenvalue weighted by Gasteiger charge is 2.16. The van der Waals surface area contributed by atoms with E-state index < -0.39 is 5.91 Å². The summed E-state index contributed by atoms with van der Waals surface area (Å²) in [5.74, 6) is -0.588. The summed E-state index contributed by atoms with van der Waals surface area (Å²) in [7, 11) is 0. The number of benzene rings is 1. The molecule has 4 heteroatoms. The summed E-state index contributed by atoms with van der Waals surface area (Å²) in [6.07, 6.45) is 1.85. The molecule has 1 atom stereocenters. The van der Waals surface area contributed by atoms with Crippen LogP contribution in [0.2, 0.25) is 0 Å². The summed E-state index contributed by atoms with van der Waals surface area (Å²) in [6, 6.07) is 6.53. The highest BCUT2D eigenvalue weighted by Crippen LogP contribution is 2.24. The molecule has 0 fully saturated rings. The Morgan fingerprint density at radius 3 is 2.45 bits per heavy atom. The van der Waals surface area contributed by atoms with E-state index in [4.69, 9.17) is 11.1 Å². The molecule has 0 bridgehead atoms. The standard InChI is InChI=1S/C16H21FN2O/c1-10(2)11(3)13(9-15(18)16(19)20)8-12-6-4-5-7-14(12)17/h4-7,9-11,18H,8H2,1-3H3,(H2,19,20)/b13-9-,18-15?. The van der Waals surface area contributed by atoms with E-state index in [1.54, 1.807) is 18.2 Å². The van der Waals surface area contributed by atoms with Crippen LogP contribution in [0.3, 0.4) is 0 Å². The van der Waals surface area contributed by atoms with Crippen LogP contribution >= 0.6 is 0 Å². The number of primary amides is 1. The van der Waals surface area contributed by atoms with Crippen molar-refractivity contribution < 1.29 is 9.18 Å². The van der Waals surface area contributed by atoms with Crippen LogP contribution < -0.4 is 5.73 Å². The first kappa shape index (κ1) is 16.1. The third-order valence-electron chi connectivity index (χ3n) is 3.53. The normalized spacial score (nSPS) is 13.3. The molecule has 0 saturated carbocycles. The molecule has 1 amide bonds. The predicted octanol–water partition coefficient (Wildman–Crippen LogP) is 3.09. The maximum absolute atomic E-state index is 13.7. The predicted molar refractivity (Wildman–Crippen MR) is 79.1 cm³/mol. The van der Waals surface area contributed by atoms with Gasteiger partial charge >= 0.3 is 0 Å². The summed E-state index contributed by atoms with van der Waals surface area (Å²) in [4.78, 5) is 11.0. The van der Waals surface area contributed by atoms with Crippen molar-refractivity contribution in [1.82, 2.24) is 0 Å². The van der Waals surface area contributed by atoms with Gasteiger partial charge in [0, 0.05) is 0 Å². The van der Waals surface area contributed by atoms with Crippen molar-refractivity contribution in [1.29, 1.82) is 5.41 Å². The Morgan fingerprint density at radius 2 is 1.95 bits per heavy atom. The Balaban J connectivity index is 3.09. The van der Waals surface area contributed by atoms with Gasteiger partial charge < -0.3 is 5.73 Å². The smallest absolute Gasteiger partial charge is 0.266 e. The summed E-state index contributed by atoms with van der Waals surface area (Å²) in [6.45, 7) is 6.10. The molecule has 1 unspecified atom stereocenters. The molecule has 0 spiro atoms. The first-order chi connectivity index (χ1) is 9.32. The number of hydrogen-bond donors (Lipinski definition) is 2. The van der Waals surface area contributed by atoms with Gasteiger partial charge in [-0.05, 0) is 36.0 Å². The Hall–Kier alpha value is -1.97. The Labute approximate surface area is 119 Å². The van der Waals surface area contributed by atoms with Crippen molar-refractivity contribution in [3.63, 3.8) is 0 Å². The van der Waals surface area contributed by atoms with Gasteiger partial charge in [-0.3, -0.25) is 10.2 Å². The first-order valence-corrected chi connectivity index (χ1v) is 6.65. The number of hydrogen-bond acceptors (Lipinski definition) is 2. The maximum atomic E-state index is 13.7. The number of halogens is 1. The van der Waals surface area contributed by atoms with Crippen molar-refractivity contribution in [2.24, 2.45) is 17.6 Å². The minimum Gasteiger partial charge on any atom is -0.364 e. The zero-order chi connectivity index (χ0) is 15.3. The van der Waals surface area contributed by atoms with E-state index in [-0.39, 0.29) is 17.4 Å². The van der Waals surface area contributed by atoms with Crippen molar-refractivity contribution in [3.05, 3.63) is 47.3 Å². The summed E-state index contributed by atoms with van der Waals surface area (Å²) in [5.41, 5.74) is 6.26. The van der Waals surface area contributed by atoms with Gasteiger partial charge in [0.05, 0.1) is 0 Å². The monoisotopic (exact) mass is 276 g/mol. The molecule has 20 heavy (non-hydrogen) atoms. The van der Waals surface area contributed by atoms with Crippen LogP contribution in [0, 0.1) is 23.1 Å². The second-order valence-corrected chi connectivity index (χ2v) is 5.30. The van der Waals surface area contributed by atoms with Gasteiger partial charge in [-0.15, -0.1) is 0 Å². The molecule has 1 aromatic carbocycles. The number of carbonyl (C=O) groups excluding carboxylic acids is 1. The third kappa shape index (κ3) is 4.30. The Bertz CT molecular complexity index is 535. The molecular weight excluding hydrogens is 255 g/mol. The van der Waals surface area contributed by atoms with E-state index in [0.717, 1.165) is 5.57 Å². The number of carbonyl (C=O) groups is 1. The lowest BCUT2D eigenvalue weighted by Gasteiger charge is -2.20. The van der Waals surface area contributed by atoms with Crippen LogP contribution in [-0.2, 0) is 11.2 Å². The number of allylic oxidation sites excluding steroid dienone is 1. The molecule has 3 N–H and O–H groups in total. The minimum absolute atomic E-state index is 0.134. The molecule has 0 heterocycles. The van der Waals surface area contributed by atoms with Crippen LogP contribution in [0.1, 0.15) is 26.3 Å². The van der Waals surface area contributed by atoms with Gasteiger partial charge in [-0.25, -0.2) is 4.39 Å². The molecular formula is C16H21FN2O. The van der Waals surface area contributed by atoms with E-state index in [2.05, 4.69) is 0 Å². The average molecular weight is 276 g/mol. The van der Waals surface area contributed by atoms with Crippen LogP contribution in [0.25, 0.3) is 0 Å².